The van der Waals surface area contributed by atoms with E-state index in [1.807, 2.05) is 0 Å². The summed E-state index contributed by atoms with van der Waals surface area (Å²) in [5.74, 6) is -2.87. The van der Waals surface area contributed by atoms with Crippen LogP contribution in [0.5, 0.6) is 0 Å². The first-order chi connectivity index (χ1) is 11.4. The minimum atomic E-state index is -1.04. The second kappa shape index (κ2) is 8.19. The van der Waals surface area contributed by atoms with Crippen LogP contribution in [0.1, 0.15) is 31.7 Å². The minimum Gasteiger partial charge on any atom is -0.481 e. The molecule has 7 heteroatoms. The number of carboxylic acids is 1. The molecule has 1 saturated carbocycles. The molecule has 1 unspecified atom stereocenters. The fraction of sp³-hybridized carbons (Fsp3) is 0.529. The predicted molar refractivity (Wildman–Crippen MR) is 82.2 cm³/mol. The van der Waals surface area contributed by atoms with E-state index >= 15 is 0 Å². The third kappa shape index (κ3) is 5.56. The molecule has 0 heterocycles. The zero-order valence-electron chi connectivity index (χ0n) is 13.5. The Morgan fingerprint density at radius 3 is 2.62 bits per heavy atom. The quantitative estimate of drug-likeness (QED) is 0.750. The molecule has 132 valence electrons. The average molecular weight is 341 g/mol. The number of halogens is 2. The monoisotopic (exact) mass is 341 g/mol. The number of ether oxygens (including phenoxy) is 1. The Morgan fingerprint density at radius 2 is 2.04 bits per heavy atom. The van der Waals surface area contributed by atoms with Gasteiger partial charge in [0.05, 0.1) is 13.0 Å². The maximum atomic E-state index is 13.3. The Bertz CT molecular complexity index is 604. The van der Waals surface area contributed by atoms with Gasteiger partial charge < -0.3 is 14.7 Å². The number of carbonyl (C=O) groups excluding carboxylic acids is 1. The van der Waals surface area contributed by atoms with Gasteiger partial charge in [0.15, 0.2) is 11.6 Å². The molecule has 1 aromatic carbocycles. The number of benzene rings is 1. The zero-order valence-corrected chi connectivity index (χ0v) is 13.5. The van der Waals surface area contributed by atoms with Gasteiger partial charge in [-0.2, -0.15) is 0 Å². The Morgan fingerprint density at radius 1 is 1.33 bits per heavy atom. The first-order valence-corrected chi connectivity index (χ1v) is 7.93. The molecule has 1 aliphatic rings. The number of hydrogen-bond acceptors (Lipinski definition) is 3. The number of amides is 1. The summed E-state index contributed by atoms with van der Waals surface area (Å²) in [5.41, 5.74) is 0.391. The smallest absolute Gasteiger partial charge is 0.305 e. The van der Waals surface area contributed by atoms with E-state index in [1.165, 1.54) is 11.0 Å². The third-order valence-corrected chi connectivity index (χ3v) is 3.89. The van der Waals surface area contributed by atoms with E-state index in [2.05, 4.69) is 0 Å². The largest absolute Gasteiger partial charge is 0.481 e. The zero-order chi connectivity index (χ0) is 17.7. The van der Waals surface area contributed by atoms with Crippen LogP contribution in [0.25, 0.3) is 0 Å². The van der Waals surface area contributed by atoms with Crippen LogP contribution in [0.2, 0.25) is 0 Å². The Hall–Kier alpha value is -2.02. The van der Waals surface area contributed by atoms with E-state index in [0.717, 1.165) is 25.0 Å². The number of carbonyl (C=O) groups is 2. The molecule has 1 amide bonds. The first-order valence-electron chi connectivity index (χ1n) is 7.93. The Kier molecular flexibility index (Phi) is 6.25. The van der Waals surface area contributed by atoms with Crippen LogP contribution < -0.4 is 0 Å². The molecule has 1 N–H and O–H groups in total. The molecule has 1 atom stereocenters. The average Bonchev–Trinajstić information content (AvgIpc) is 3.36. The molecule has 0 radical (unpaired) electrons. The standard InChI is InChI=1S/C17H21F2NO4/c1-11(24-10-12-2-3-12)17(23)20(7-6-16(21)22)9-13-4-5-14(18)15(19)8-13/h4-5,8,11-12H,2-3,6-7,9-10H2,1H3,(H,21,22). The van der Waals surface area contributed by atoms with Crippen LogP contribution in [0.3, 0.4) is 0 Å². The van der Waals surface area contributed by atoms with Gasteiger partial charge in [0.25, 0.3) is 5.91 Å². The molecular formula is C17H21F2NO4. The summed E-state index contributed by atoms with van der Waals surface area (Å²) in [6.45, 7) is 2.10. The molecular weight excluding hydrogens is 320 g/mol. The molecule has 0 bridgehead atoms. The van der Waals surface area contributed by atoms with Crippen molar-refractivity contribution in [3.8, 4) is 0 Å². The Labute approximate surface area is 139 Å². The van der Waals surface area contributed by atoms with Gasteiger partial charge in [0.2, 0.25) is 0 Å². The molecule has 1 aromatic rings. The van der Waals surface area contributed by atoms with E-state index in [4.69, 9.17) is 9.84 Å². The van der Waals surface area contributed by atoms with Crippen LogP contribution in [-0.4, -0.2) is 41.1 Å². The van der Waals surface area contributed by atoms with Gasteiger partial charge in [-0.25, -0.2) is 8.78 Å². The van der Waals surface area contributed by atoms with Gasteiger partial charge in [0.1, 0.15) is 6.10 Å². The van der Waals surface area contributed by atoms with Crippen LogP contribution in [-0.2, 0) is 20.9 Å². The van der Waals surface area contributed by atoms with Crippen molar-refractivity contribution in [2.24, 2.45) is 5.92 Å². The lowest BCUT2D eigenvalue weighted by molar-refractivity contribution is -0.145. The highest BCUT2D eigenvalue weighted by Crippen LogP contribution is 2.29. The van der Waals surface area contributed by atoms with Gasteiger partial charge in [-0.3, -0.25) is 9.59 Å². The third-order valence-electron chi connectivity index (χ3n) is 3.89. The second-order valence-electron chi connectivity index (χ2n) is 6.07. The van der Waals surface area contributed by atoms with Crippen molar-refractivity contribution in [3.05, 3.63) is 35.4 Å². The van der Waals surface area contributed by atoms with Crippen LogP contribution in [0.15, 0.2) is 18.2 Å². The highest BCUT2D eigenvalue weighted by molar-refractivity contribution is 5.81. The van der Waals surface area contributed by atoms with Gasteiger partial charge >= 0.3 is 5.97 Å². The summed E-state index contributed by atoms with van der Waals surface area (Å²) in [5, 5.41) is 8.83. The Balaban J connectivity index is 2.02. The van der Waals surface area contributed by atoms with Crippen LogP contribution in [0.4, 0.5) is 8.78 Å². The van der Waals surface area contributed by atoms with Gasteiger partial charge in [-0.15, -0.1) is 0 Å². The first kappa shape index (κ1) is 18.3. The minimum absolute atomic E-state index is 0.000438. The highest BCUT2D eigenvalue weighted by Gasteiger charge is 2.26. The summed E-state index contributed by atoms with van der Waals surface area (Å²) in [4.78, 5) is 24.6. The summed E-state index contributed by atoms with van der Waals surface area (Å²) >= 11 is 0. The summed E-state index contributed by atoms with van der Waals surface area (Å²) in [6.07, 6.45) is 1.26. The second-order valence-corrected chi connectivity index (χ2v) is 6.07. The number of aliphatic carboxylic acids is 1. The molecule has 5 nitrogen and oxygen atoms in total. The number of carboxylic acid groups (broad SMARTS) is 1. The molecule has 0 aliphatic heterocycles. The van der Waals surface area contributed by atoms with Crippen molar-refractivity contribution >= 4 is 11.9 Å². The fourth-order valence-electron chi connectivity index (χ4n) is 2.25. The van der Waals surface area contributed by atoms with E-state index in [-0.39, 0.29) is 25.4 Å². The highest BCUT2D eigenvalue weighted by atomic mass is 19.2. The van der Waals surface area contributed by atoms with E-state index in [1.54, 1.807) is 6.92 Å². The van der Waals surface area contributed by atoms with E-state index in [9.17, 15) is 18.4 Å². The topological polar surface area (TPSA) is 66.8 Å². The number of rotatable bonds is 9. The summed E-state index contributed by atoms with van der Waals surface area (Å²) < 4.78 is 31.9. The van der Waals surface area contributed by atoms with Crippen molar-refractivity contribution in [1.82, 2.24) is 4.90 Å². The fourth-order valence-corrected chi connectivity index (χ4v) is 2.25. The summed E-state index contributed by atoms with van der Waals surface area (Å²) in [7, 11) is 0. The number of hydrogen-bond donors (Lipinski definition) is 1. The maximum absolute atomic E-state index is 13.3. The van der Waals surface area contributed by atoms with Crippen molar-refractivity contribution in [1.29, 1.82) is 0 Å². The molecule has 1 aliphatic carbocycles. The lowest BCUT2D eigenvalue weighted by Crippen LogP contribution is -2.40. The molecule has 24 heavy (non-hydrogen) atoms. The molecule has 2 rings (SSSR count). The number of nitrogens with zero attached hydrogens (tertiary/aromatic N) is 1. The van der Waals surface area contributed by atoms with Crippen molar-refractivity contribution in [3.63, 3.8) is 0 Å². The molecule has 0 spiro atoms. The lowest BCUT2D eigenvalue weighted by Gasteiger charge is -2.25. The van der Waals surface area contributed by atoms with Gasteiger partial charge in [-0.1, -0.05) is 6.07 Å². The SMILES string of the molecule is CC(OCC1CC1)C(=O)N(CCC(=O)O)Cc1ccc(F)c(F)c1. The normalized spacial score (nSPS) is 15.1. The lowest BCUT2D eigenvalue weighted by atomic mass is 10.2. The molecule has 0 saturated heterocycles. The van der Waals surface area contributed by atoms with Gasteiger partial charge in [0, 0.05) is 13.1 Å². The van der Waals surface area contributed by atoms with E-state index in [0.29, 0.717) is 18.1 Å². The van der Waals surface area contributed by atoms with Crippen LogP contribution >= 0.6 is 0 Å². The van der Waals surface area contributed by atoms with Crippen LogP contribution in [0, 0.1) is 17.6 Å². The molecule has 0 aromatic heterocycles. The predicted octanol–water partition coefficient (Wildman–Crippen LogP) is 2.58. The van der Waals surface area contributed by atoms with E-state index < -0.39 is 23.7 Å². The maximum Gasteiger partial charge on any atom is 0.305 e. The van der Waals surface area contributed by atoms with Gasteiger partial charge in [-0.05, 0) is 43.4 Å². The summed E-state index contributed by atoms with van der Waals surface area (Å²) in [6, 6.07) is 3.36. The van der Waals surface area contributed by atoms with Crippen molar-refractivity contribution in [2.45, 2.75) is 38.8 Å². The van der Waals surface area contributed by atoms with Crippen molar-refractivity contribution < 1.29 is 28.2 Å². The van der Waals surface area contributed by atoms with Crippen molar-refractivity contribution in [2.75, 3.05) is 13.2 Å². The molecule has 1 fully saturated rings.